The largest absolute Gasteiger partial charge is 0.497 e. The molecule has 3 rings (SSSR count). The summed E-state index contributed by atoms with van der Waals surface area (Å²) in [6.07, 6.45) is 1.84. The highest BCUT2D eigenvalue weighted by Crippen LogP contribution is 2.41. The molecule has 1 aliphatic carbocycles. The molecular formula is C20H23ClN2O2. The lowest BCUT2D eigenvalue weighted by Gasteiger charge is -2.22. The van der Waals surface area contributed by atoms with E-state index in [1.54, 1.807) is 7.11 Å². The quantitative estimate of drug-likeness (QED) is 0.712. The second-order valence-corrected chi connectivity index (χ2v) is 6.86. The molecule has 0 radical (unpaired) electrons. The van der Waals surface area contributed by atoms with E-state index in [9.17, 15) is 4.79 Å². The zero-order chi connectivity index (χ0) is 17.7. The summed E-state index contributed by atoms with van der Waals surface area (Å²) in [5, 5.41) is 5.83. The van der Waals surface area contributed by atoms with Gasteiger partial charge in [0.15, 0.2) is 0 Å². The van der Waals surface area contributed by atoms with Crippen LogP contribution >= 0.6 is 11.6 Å². The lowest BCUT2D eigenvalue weighted by atomic mass is 10.1. The van der Waals surface area contributed by atoms with E-state index in [0.717, 1.165) is 30.7 Å². The third-order valence-corrected chi connectivity index (χ3v) is 5.23. The molecule has 0 bridgehead atoms. The van der Waals surface area contributed by atoms with Crippen LogP contribution in [0.15, 0.2) is 54.6 Å². The highest BCUT2D eigenvalue weighted by atomic mass is 35.5. The average Bonchev–Trinajstić information content (AvgIpc) is 3.46. The molecule has 0 aliphatic heterocycles. The van der Waals surface area contributed by atoms with Crippen molar-refractivity contribution >= 4 is 17.5 Å². The molecule has 5 heteroatoms. The molecule has 1 fully saturated rings. The number of hydrogen-bond acceptors (Lipinski definition) is 3. The smallest absolute Gasteiger partial charge is 0.240 e. The third kappa shape index (κ3) is 4.53. The number of carbonyl (C=O) groups is 1. The Labute approximate surface area is 153 Å². The van der Waals surface area contributed by atoms with Crippen molar-refractivity contribution in [2.24, 2.45) is 0 Å². The molecule has 0 aromatic heterocycles. The summed E-state index contributed by atoms with van der Waals surface area (Å²) < 4.78 is 5.13. The number of carbonyl (C=O) groups excluding carboxylic acids is 1. The second-order valence-electron chi connectivity index (χ2n) is 6.42. The third-order valence-electron chi connectivity index (χ3n) is 4.62. The molecule has 4 nitrogen and oxygen atoms in total. The van der Waals surface area contributed by atoms with Gasteiger partial charge >= 0.3 is 0 Å². The number of hydrogen-bond donors (Lipinski definition) is 2. The van der Waals surface area contributed by atoms with Crippen molar-refractivity contribution in [1.29, 1.82) is 0 Å². The topological polar surface area (TPSA) is 50.4 Å². The van der Waals surface area contributed by atoms with Gasteiger partial charge in [-0.25, -0.2) is 0 Å². The van der Waals surface area contributed by atoms with E-state index in [2.05, 4.69) is 22.8 Å². The van der Waals surface area contributed by atoms with Gasteiger partial charge in [-0.3, -0.25) is 4.79 Å². The minimum atomic E-state index is -0.575. The summed E-state index contributed by atoms with van der Waals surface area (Å²) in [6, 6.07) is 17.8. The van der Waals surface area contributed by atoms with Gasteiger partial charge in [-0.1, -0.05) is 42.5 Å². The van der Waals surface area contributed by atoms with Crippen LogP contribution in [-0.2, 0) is 17.9 Å². The first-order valence-electron chi connectivity index (χ1n) is 8.47. The molecule has 1 unspecified atom stereocenters. The number of benzene rings is 2. The molecule has 132 valence electrons. The maximum Gasteiger partial charge on any atom is 0.240 e. The number of amides is 1. The lowest BCUT2D eigenvalue weighted by molar-refractivity contribution is -0.121. The summed E-state index contributed by atoms with van der Waals surface area (Å²) in [7, 11) is 1.63. The molecule has 2 N–H and O–H groups in total. The van der Waals surface area contributed by atoms with E-state index in [4.69, 9.17) is 16.3 Å². The highest BCUT2D eigenvalue weighted by molar-refractivity contribution is 6.32. The molecular weight excluding hydrogens is 336 g/mol. The van der Waals surface area contributed by atoms with Gasteiger partial charge in [-0.2, -0.15) is 0 Å². The predicted molar refractivity (Wildman–Crippen MR) is 99.7 cm³/mol. The number of methoxy groups -OCH3 is 1. The number of rotatable bonds is 8. The Morgan fingerprint density at radius 2 is 1.72 bits per heavy atom. The van der Waals surface area contributed by atoms with Crippen molar-refractivity contribution in [2.75, 3.05) is 7.11 Å². The fourth-order valence-electron chi connectivity index (χ4n) is 2.80. The fourth-order valence-corrected chi connectivity index (χ4v) is 3.17. The van der Waals surface area contributed by atoms with Crippen LogP contribution < -0.4 is 15.4 Å². The molecule has 2 aromatic carbocycles. The van der Waals surface area contributed by atoms with Crippen molar-refractivity contribution in [3.05, 3.63) is 65.7 Å². The molecule has 0 saturated heterocycles. The normalized spacial score (nSPS) is 16.1. The molecule has 2 aromatic rings. The standard InChI is InChI=1S/C20H23ClN2O2/c1-25-17-9-7-16(8-10-17)13-22-19(24)18(21)20(11-12-20)23-14-15-5-3-2-4-6-15/h2-10,18,23H,11-14H2,1H3,(H,22,24). The number of nitrogens with one attached hydrogen (secondary N) is 2. The van der Waals surface area contributed by atoms with Crippen molar-refractivity contribution in [3.8, 4) is 5.75 Å². The maximum atomic E-state index is 12.4. The fraction of sp³-hybridized carbons (Fsp3) is 0.350. The van der Waals surface area contributed by atoms with Crippen LogP contribution in [0.4, 0.5) is 0 Å². The zero-order valence-corrected chi connectivity index (χ0v) is 15.1. The minimum absolute atomic E-state index is 0.129. The lowest BCUT2D eigenvalue weighted by Crippen LogP contribution is -2.47. The van der Waals surface area contributed by atoms with E-state index in [1.165, 1.54) is 5.56 Å². The van der Waals surface area contributed by atoms with Gasteiger partial charge in [0.1, 0.15) is 11.1 Å². The van der Waals surface area contributed by atoms with E-state index < -0.39 is 5.38 Å². The summed E-state index contributed by atoms with van der Waals surface area (Å²) in [6.45, 7) is 1.18. The molecule has 1 amide bonds. The van der Waals surface area contributed by atoms with Gasteiger partial charge < -0.3 is 15.4 Å². The minimum Gasteiger partial charge on any atom is -0.497 e. The van der Waals surface area contributed by atoms with Crippen LogP contribution in [-0.4, -0.2) is 23.9 Å². The Morgan fingerprint density at radius 1 is 1.08 bits per heavy atom. The van der Waals surface area contributed by atoms with E-state index in [0.29, 0.717) is 6.54 Å². The second kappa shape index (κ2) is 7.89. The van der Waals surface area contributed by atoms with Crippen molar-refractivity contribution in [3.63, 3.8) is 0 Å². The van der Waals surface area contributed by atoms with Gasteiger partial charge in [0.2, 0.25) is 5.91 Å². The number of ether oxygens (including phenoxy) is 1. The van der Waals surface area contributed by atoms with Crippen molar-refractivity contribution < 1.29 is 9.53 Å². The van der Waals surface area contributed by atoms with Gasteiger partial charge in [-0.15, -0.1) is 11.6 Å². The summed E-state index contributed by atoms with van der Waals surface area (Å²) in [5.74, 6) is 0.669. The van der Waals surface area contributed by atoms with E-state index in [-0.39, 0.29) is 11.4 Å². The molecule has 1 saturated carbocycles. The van der Waals surface area contributed by atoms with Crippen LogP contribution in [0.2, 0.25) is 0 Å². The molecule has 0 spiro atoms. The van der Waals surface area contributed by atoms with Crippen molar-refractivity contribution in [1.82, 2.24) is 10.6 Å². The first-order valence-corrected chi connectivity index (χ1v) is 8.90. The number of halogens is 1. The van der Waals surface area contributed by atoms with E-state index in [1.807, 2.05) is 42.5 Å². The average molecular weight is 359 g/mol. The summed E-state index contributed by atoms with van der Waals surface area (Å²) in [5.41, 5.74) is 1.91. The van der Waals surface area contributed by atoms with Gasteiger partial charge in [-0.05, 0) is 36.1 Å². The monoisotopic (exact) mass is 358 g/mol. The summed E-state index contributed by atoms with van der Waals surface area (Å²) in [4.78, 5) is 12.4. The van der Waals surface area contributed by atoms with Crippen LogP contribution in [0.25, 0.3) is 0 Å². The first-order chi connectivity index (χ1) is 12.1. The van der Waals surface area contributed by atoms with E-state index >= 15 is 0 Å². The van der Waals surface area contributed by atoms with Gasteiger partial charge in [0.05, 0.1) is 7.11 Å². The molecule has 1 aliphatic rings. The molecule has 1 atom stereocenters. The zero-order valence-electron chi connectivity index (χ0n) is 14.3. The Hall–Kier alpha value is -2.04. The van der Waals surface area contributed by atoms with Crippen LogP contribution in [0.1, 0.15) is 24.0 Å². The predicted octanol–water partition coefficient (Wildman–Crippen LogP) is 3.24. The Balaban J connectivity index is 1.50. The molecule has 25 heavy (non-hydrogen) atoms. The van der Waals surface area contributed by atoms with Gasteiger partial charge in [0, 0.05) is 18.6 Å². The molecule has 0 heterocycles. The first kappa shape index (κ1) is 17.8. The van der Waals surface area contributed by atoms with Crippen molar-refractivity contribution in [2.45, 2.75) is 36.8 Å². The van der Waals surface area contributed by atoms with Crippen LogP contribution in [0, 0.1) is 0 Å². The van der Waals surface area contributed by atoms with Gasteiger partial charge in [0.25, 0.3) is 0 Å². The maximum absolute atomic E-state index is 12.4. The Kier molecular flexibility index (Phi) is 5.61. The highest BCUT2D eigenvalue weighted by Gasteiger charge is 2.51. The SMILES string of the molecule is COc1ccc(CNC(=O)C(Cl)C2(NCc3ccccc3)CC2)cc1. The van der Waals surface area contributed by atoms with Crippen LogP contribution in [0.5, 0.6) is 5.75 Å². The Bertz CT molecular complexity index is 699. The summed E-state index contributed by atoms with van der Waals surface area (Å²) >= 11 is 6.47. The van der Waals surface area contributed by atoms with Crippen LogP contribution in [0.3, 0.4) is 0 Å². The Morgan fingerprint density at radius 3 is 2.32 bits per heavy atom. The number of alkyl halides is 1.